The summed E-state index contributed by atoms with van der Waals surface area (Å²) in [7, 11) is 0. The van der Waals surface area contributed by atoms with Gasteiger partial charge in [-0.3, -0.25) is 19.6 Å². The predicted molar refractivity (Wildman–Crippen MR) is 110 cm³/mol. The van der Waals surface area contributed by atoms with Crippen molar-refractivity contribution in [3.8, 4) is 0 Å². The lowest BCUT2D eigenvalue weighted by atomic mass is 10.1. The molecule has 1 aromatic heterocycles. The summed E-state index contributed by atoms with van der Waals surface area (Å²) in [6, 6.07) is 9.01. The van der Waals surface area contributed by atoms with Gasteiger partial charge in [0.25, 0.3) is 5.91 Å². The zero-order valence-corrected chi connectivity index (χ0v) is 16.7. The summed E-state index contributed by atoms with van der Waals surface area (Å²) in [5, 5.41) is 5.21. The lowest BCUT2D eigenvalue weighted by Crippen LogP contribution is -2.21. The number of hydrogen-bond donors (Lipinski definition) is 2. The zero-order valence-electron chi connectivity index (χ0n) is 16.7. The highest BCUT2D eigenvalue weighted by atomic mass is 19.4. The molecular weight excluding hydrogens is 409 g/mol. The minimum atomic E-state index is -4.51. The third kappa shape index (κ3) is 5.44. The van der Waals surface area contributed by atoms with Gasteiger partial charge >= 0.3 is 6.18 Å². The van der Waals surface area contributed by atoms with Crippen LogP contribution in [0.2, 0.25) is 0 Å². The van der Waals surface area contributed by atoms with Crippen LogP contribution in [0.4, 0.5) is 24.5 Å². The van der Waals surface area contributed by atoms with Crippen molar-refractivity contribution in [2.45, 2.75) is 25.9 Å². The van der Waals surface area contributed by atoms with Crippen LogP contribution in [0.15, 0.2) is 61.1 Å². The third-order valence-electron chi connectivity index (χ3n) is 4.63. The molecule has 0 saturated heterocycles. The second-order valence-corrected chi connectivity index (χ2v) is 6.90. The molecule has 6 nitrogen and oxygen atoms in total. The molecule has 31 heavy (non-hydrogen) atoms. The smallest absolute Gasteiger partial charge is 0.325 e. The number of halogens is 3. The Morgan fingerprint density at radius 3 is 2.48 bits per heavy atom. The Bertz CT molecular complexity index is 1100. The largest absolute Gasteiger partial charge is 0.416 e. The zero-order chi connectivity index (χ0) is 22.6. The highest BCUT2D eigenvalue weighted by molar-refractivity contribution is 6.06. The van der Waals surface area contributed by atoms with E-state index in [4.69, 9.17) is 0 Å². The second-order valence-electron chi connectivity index (χ2n) is 6.90. The molecule has 3 aromatic rings. The highest BCUT2D eigenvalue weighted by Crippen LogP contribution is 2.31. The minimum Gasteiger partial charge on any atom is -0.325 e. The van der Waals surface area contributed by atoms with Crippen LogP contribution in [0.3, 0.4) is 0 Å². The predicted octanol–water partition coefficient (Wildman–Crippen LogP) is 4.80. The fourth-order valence-electron chi connectivity index (χ4n) is 2.78. The Morgan fingerprint density at radius 1 is 1.03 bits per heavy atom. The Kier molecular flexibility index (Phi) is 6.33. The van der Waals surface area contributed by atoms with Crippen LogP contribution in [0.1, 0.15) is 40.0 Å². The first-order valence-electron chi connectivity index (χ1n) is 9.31. The van der Waals surface area contributed by atoms with Gasteiger partial charge in [-0.15, -0.1) is 0 Å². The standard InChI is InChI=1S/C22H19F3N4O2/c1-13-6-7-15(21(31)28-17-5-3-4-16(11-17)22(23,24)25)10-18(13)29-20(30)14(2)19-12-26-8-9-27-19/h3-12,14H,1-2H3,(H,28,31)(H,29,30). The number of nitrogens with zero attached hydrogens (tertiary/aromatic N) is 2. The van der Waals surface area contributed by atoms with Gasteiger partial charge in [-0.2, -0.15) is 13.2 Å². The number of nitrogens with one attached hydrogen (secondary N) is 2. The molecule has 0 aliphatic carbocycles. The average molecular weight is 428 g/mol. The van der Waals surface area contributed by atoms with Crippen LogP contribution in [0, 0.1) is 6.92 Å². The van der Waals surface area contributed by atoms with Gasteiger partial charge in [0.05, 0.1) is 17.2 Å². The topological polar surface area (TPSA) is 84.0 Å². The van der Waals surface area contributed by atoms with Crippen LogP contribution < -0.4 is 10.6 Å². The van der Waals surface area contributed by atoms with Crippen LogP contribution in [0.25, 0.3) is 0 Å². The molecule has 2 amide bonds. The Balaban J connectivity index is 1.76. The van der Waals surface area contributed by atoms with Crippen LogP contribution in [-0.2, 0) is 11.0 Å². The molecule has 0 aliphatic heterocycles. The van der Waals surface area contributed by atoms with E-state index in [1.807, 2.05) is 0 Å². The first kappa shape index (κ1) is 21.9. The van der Waals surface area contributed by atoms with E-state index in [1.165, 1.54) is 42.9 Å². The van der Waals surface area contributed by atoms with E-state index in [2.05, 4.69) is 20.6 Å². The molecule has 9 heteroatoms. The van der Waals surface area contributed by atoms with Gasteiger partial charge in [0.2, 0.25) is 5.91 Å². The van der Waals surface area contributed by atoms with Crippen LogP contribution in [-0.4, -0.2) is 21.8 Å². The maximum atomic E-state index is 12.9. The van der Waals surface area contributed by atoms with Gasteiger partial charge in [-0.1, -0.05) is 12.1 Å². The van der Waals surface area contributed by atoms with E-state index in [1.54, 1.807) is 19.9 Å². The van der Waals surface area contributed by atoms with Crippen molar-refractivity contribution in [3.63, 3.8) is 0 Å². The van der Waals surface area contributed by atoms with Gasteiger partial charge in [0, 0.05) is 35.5 Å². The van der Waals surface area contributed by atoms with Gasteiger partial charge in [0.15, 0.2) is 0 Å². The number of amides is 2. The van der Waals surface area contributed by atoms with Crippen molar-refractivity contribution in [1.29, 1.82) is 0 Å². The van der Waals surface area contributed by atoms with E-state index < -0.39 is 23.6 Å². The normalized spacial score (nSPS) is 12.2. The van der Waals surface area contributed by atoms with E-state index in [-0.39, 0.29) is 17.2 Å². The number of aromatic nitrogens is 2. The maximum absolute atomic E-state index is 12.9. The first-order valence-corrected chi connectivity index (χ1v) is 9.31. The van der Waals surface area contributed by atoms with Crippen LogP contribution in [0.5, 0.6) is 0 Å². The molecule has 3 rings (SSSR count). The molecule has 2 N–H and O–H groups in total. The van der Waals surface area contributed by atoms with Crippen molar-refractivity contribution < 1.29 is 22.8 Å². The Labute approximate surface area is 176 Å². The molecule has 160 valence electrons. The molecule has 0 aliphatic rings. The van der Waals surface area contributed by atoms with E-state index in [0.29, 0.717) is 11.4 Å². The number of aryl methyl sites for hydroxylation is 1. The van der Waals surface area contributed by atoms with Crippen molar-refractivity contribution in [2.75, 3.05) is 10.6 Å². The van der Waals surface area contributed by atoms with Crippen molar-refractivity contribution in [2.24, 2.45) is 0 Å². The molecule has 0 fully saturated rings. The number of hydrogen-bond acceptors (Lipinski definition) is 4. The third-order valence-corrected chi connectivity index (χ3v) is 4.63. The van der Waals surface area contributed by atoms with Gasteiger partial charge < -0.3 is 10.6 Å². The highest BCUT2D eigenvalue weighted by Gasteiger charge is 2.30. The summed E-state index contributed by atoms with van der Waals surface area (Å²) < 4.78 is 38.6. The number of rotatable bonds is 5. The van der Waals surface area contributed by atoms with Gasteiger partial charge in [-0.05, 0) is 49.7 Å². The minimum absolute atomic E-state index is 0.0160. The Morgan fingerprint density at radius 2 is 1.81 bits per heavy atom. The average Bonchev–Trinajstić information content (AvgIpc) is 2.74. The van der Waals surface area contributed by atoms with E-state index >= 15 is 0 Å². The molecule has 1 atom stereocenters. The molecule has 0 radical (unpaired) electrons. The van der Waals surface area contributed by atoms with E-state index in [9.17, 15) is 22.8 Å². The summed E-state index contributed by atoms with van der Waals surface area (Å²) in [5.41, 5.74) is 0.969. The first-order chi connectivity index (χ1) is 14.6. The van der Waals surface area contributed by atoms with Gasteiger partial charge in [0.1, 0.15) is 0 Å². The number of anilines is 2. The quantitative estimate of drug-likeness (QED) is 0.612. The summed E-state index contributed by atoms with van der Waals surface area (Å²) in [5.74, 6) is -1.51. The lowest BCUT2D eigenvalue weighted by molar-refractivity contribution is -0.137. The number of alkyl halides is 3. The fraction of sp³-hybridized carbons (Fsp3) is 0.182. The summed E-state index contributed by atoms with van der Waals surface area (Å²) >= 11 is 0. The number of carbonyl (C=O) groups is 2. The van der Waals surface area contributed by atoms with Crippen molar-refractivity contribution >= 4 is 23.2 Å². The maximum Gasteiger partial charge on any atom is 0.416 e. The summed E-state index contributed by atoms with van der Waals surface area (Å²) in [4.78, 5) is 33.2. The van der Waals surface area contributed by atoms with E-state index in [0.717, 1.165) is 17.7 Å². The number of carbonyl (C=O) groups excluding carboxylic acids is 2. The molecule has 0 spiro atoms. The Hall–Kier alpha value is -3.75. The summed E-state index contributed by atoms with van der Waals surface area (Å²) in [6.45, 7) is 3.44. The molecule has 2 aromatic carbocycles. The van der Waals surface area contributed by atoms with Crippen molar-refractivity contribution in [3.05, 3.63) is 83.4 Å². The van der Waals surface area contributed by atoms with Crippen LogP contribution >= 0.6 is 0 Å². The van der Waals surface area contributed by atoms with Gasteiger partial charge in [-0.25, -0.2) is 0 Å². The number of benzene rings is 2. The fourth-order valence-corrected chi connectivity index (χ4v) is 2.78. The molecule has 1 heterocycles. The summed E-state index contributed by atoms with van der Waals surface area (Å²) in [6.07, 6.45) is -0.0221. The molecule has 0 saturated carbocycles. The molecular formula is C22H19F3N4O2. The monoisotopic (exact) mass is 428 g/mol. The molecule has 1 unspecified atom stereocenters. The second kappa shape index (κ2) is 8.95. The van der Waals surface area contributed by atoms with Crippen molar-refractivity contribution in [1.82, 2.24) is 9.97 Å². The molecule has 0 bridgehead atoms. The lowest BCUT2D eigenvalue weighted by Gasteiger charge is -2.14. The SMILES string of the molecule is Cc1ccc(C(=O)Nc2cccc(C(F)(F)F)c2)cc1NC(=O)C(C)c1cnccn1.